The highest BCUT2D eigenvalue weighted by Crippen LogP contribution is 2.06. The van der Waals surface area contributed by atoms with Crippen LogP contribution in [0.25, 0.3) is 0 Å². The van der Waals surface area contributed by atoms with Gasteiger partial charge in [-0.05, 0) is 5.92 Å². The lowest BCUT2D eigenvalue weighted by atomic mass is 10.2. The Morgan fingerprint density at radius 2 is 1.72 bits per heavy atom. The van der Waals surface area contributed by atoms with E-state index in [-0.39, 0.29) is 17.0 Å². The second-order valence-corrected chi connectivity index (χ2v) is 6.31. The van der Waals surface area contributed by atoms with Gasteiger partial charge in [0.1, 0.15) is 19.6 Å². The van der Waals surface area contributed by atoms with Crippen molar-refractivity contribution in [3.05, 3.63) is 0 Å². The number of morpholine rings is 1. The fraction of sp³-hybridized carbons (Fsp3) is 0.857. The van der Waals surface area contributed by atoms with Crippen LogP contribution < -0.4 is 17.0 Å². The van der Waals surface area contributed by atoms with Crippen LogP contribution in [-0.4, -0.2) is 76.5 Å². The minimum absolute atomic E-state index is 0. The van der Waals surface area contributed by atoms with Crippen molar-refractivity contribution in [2.45, 2.75) is 12.8 Å². The molecule has 0 unspecified atom stereocenters. The molecule has 0 N–H and O–H groups in total. The lowest BCUT2D eigenvalue weighted by Gasteiger charge is -2.35. The van der Waals surface area contributed by atoms with Crippen LogP contribution in [0, 0.1) is 11.8 Å². The molecule has 106 valence electrons. The minimum atomic E-state index is 0. The summed E-state index contributed by atoms with van der Waals surface area (Å²) in [7, 11) is 8.97. The lowest BCUT2D eigenvalue weighted by Crippen LogP contribution is -3.00. The lowest BCUT2D eigenvalue weighted by molar-refractivity contribution is -0.910. The second-order valence-electron chi connectivity index (χ2n) is 6.31. The molecule has 0 amide bonds. The molecule has 0 aliphatic carbocycles. The molecule has 0 aromatic rings. The van der Waals surface area contributed by atoms with E-state index in [1.165, 1.54) is 13.0 Å². The summed E-state index contributed by atoms with van der Waals surface area (Å²) in [4.78, 5) is 0. The van der Waals surface area contributed by atoms with Gasteiger partial charge >= 0.3 is 0 Å². The molecule has 1 heterocycles. The fourth-order valence-electron chi connectivity index (χ4n) is 1.92. The summed E-state index contributed by atoms with van der Waals surface area (Å²) in [6, 6.07) is 0. The Morgan fingerprint density at radius 3 is 2.28 bits per heavy atom. The Hall–Kier alpha value is -0.0800. The quantitative estimate of drug-likeness (QED) is 0.329. The molecule has 1 aliphatic heterocycles. The van der Waals surface area contributed by atoms with E-state index in [0.29, 0.717) is 0 Å². The van der Waals surface area contributed by atoms with Gasteiger partial charge in [-0.1, -0.05) is 5.92 Å². The highest BCUT2D eigenvalue weighted by atomic mass is 79.9. The van der Waals surface area contributed by atoms with Gasteiger partial charge in [0, 0.05) is 12.8 Å². The van der Waals surface area contributed by atoms with Crippen molar-refractivity contribution in [1.29, 1.82) is 0 Å². The zero-order chi connectivity index (χ0) is 12.8. The average molecular weight is 320 g/mol. The first kappa shape index (κ1) is 17.9. The zero-order valence-electron chi connectivity index (χ0n) is 12.3. The van der Waals surface area contributed by atoms with Gasteiger partial charge in [-0.25, -0.2) is 0 Å². The summed E-state index contributed by atoms with van der Waals surface area (Å²) in [6.45, 7) is 6.17. The van der Waals surface area contributed by atoms with Gasteiger partial charge < -0.3 is 30.7 Å². The Kier molecular flexibility index (Phi) is 8.13. The van der Waals surface area contributed by atoms with Gasteiger partial charge in [-0.3, -0.25) is 0 Å². The molecule has 1 fully saturated rings. The van der Waals surface area contributed by atoms with Crippen molar-refractivity contribution in [3.8, 4) is 11.8 Å². The van der Waals surface area contributed by atoms with E-state index in [0.717, 1.165) is 48.2 Å². The Balaban J connectivity index is 0.00000289. The molecule has 0 saturated carbocycles. The first-order valence-electron chi connectivity index (χ1n) is 6.59. The molecule has 1 aliphatic rings. The third-order valence-electron chi connectivity index (χ3n) is 3.27. The number of nitrogens with zero attached hydrogens (tertiary/aromatic N) is 2. The summed E-state index contributed by atoms with van der Waals surface area (Å²) in [5, 5.41) is 0. The van der Waals surface area contributed by atoms with Crippen molar-refractivity contribution in [1.82, 2.24) is 0 Å². The third-order valence-corrected chi connectivity index (χ3v) is 3.27. The van der Waals surface area contributed by atoms with E-state index < -0.39 is 0 Å². The van der Waals surface area contributed by atoms with Gasteiger partial charge in [0.15, 0.2) is 0 Å². The number of hydrogen-bond donors (Lipinski definition) is 0. The summed E-state index contributed by atoms with van der Waals surface area (Å²) in [5.41, 5.74) is 0. The van der Waals surface area contributed by atoms with Crippen LogP contribution >= 0.6 is 0 Å². The van der Waals surface area contributed by atoms with E-state index in [2.05, 4.69) is 40.0 Å². The number of halogens is 1. The van der Waals surface area contributed by atoms with E-state index in [1.54, 1.807) is 0 Å². The summed E-state index contributed by atoms with van der Waals surface area (Å²) >= 11 is 0. The first-order valence-corrected chi connectivity index (χ1v) is 6.59. The average Bonchev–Trinajstić information content (AvgIpc) is 2.23. The van der Waals surface area contributed by atoms with Crippen LogP contribution in [0.3, 0.4) is 0 Å². The fourth-order valence-corrected chi connectivity index (χ4v) is 1.92. The van der Waals surface area contributed by atoms with Gasteiger partial charge in [-0.2, -0.15) is 0 Å². The normalized spacial score (nSPS) is 18.4. The number of rotatable bonds is 4. The van der Waals surface area contributed by atoms with E-state index in [9.17, 15) is 0 Å². The molecule has 0 radical (unpaired) electrons. The van der Waals surface area contributed by atoms with Crippen LogP contribution in [0.1, 0.15) is 12.8 Å². The standard InChI is InChI=1S/C14H28N2O.BrH/c1-15(2,3)9-7-5-6-8-10-16(4)11-13-17-14-12-16;/h5,7,9-14H2,1-4H3;1H/q+2;/p-1. The maximum absolute atomic E-state index is 5.38. The van der Waals surface area contributed by atoms with Crippen LogP contribution in [0.2, 0.25) is 0 Å². The highest BCUT2D eigenvalue weighted by Gasteiger charge is 2.23. The van der Waals surface area contributed by atoms with Crippen molar-refractivity contribution in [3.63, 3.8) is 0 Å². The molecule has 1 rings (SSSR count). The topological polar surface area (TPSA) is 9.23 Å². The van der Waals surface area contributed by atoms with E-state index >= 15 is 0 Å². The molecule has 0 atom stereocenters. The van der Waals surface area contributed by atoms with Crippen molar-refractivity contribution >= 4 is 0 Å². The van der Waals surface area contributed by atoms with Crippen LogP contribution in [0.5, 0.6) is 0 Å². The third kappa shape index (κ3) is 8.10. The van der Waals surface area contributed by atoms with Crippen LogP contribution in [0.15, 0.2) is 0 Å². The summed E-state index contributed by atoms with van der Waals surface area (Å²) in [5.74, 6) is 6.66. The van der Waals surface area contributed by atoms with Gasteiger partial charge in [0.2, 0.25) is 0 Å². The Morgan fingerprint density at radius 1 is 1.11 bits per heavy atom. The van der Waals surface area contributed by atoms with Crippen molar-refractivity contribution in [2.24, 2.45) is 0 Å². The molecule has 0 spiro atoms. The number of hydrogen-bond acceptors (Lipinski definition) is 1. The van der Waals surface area contributed by atoms with Gasteiger partial charge in [0.25, 0.3) is 0 Å². The molecule has 3 nitrogen and oxygen atoms in total. The molecule has 18 heavy (non-hydrogen) atoms. The maximum atomic E-state index is 5.38. The molecular formula is C14H28BrN2O+. The molecule has 0 aromatic carbocycles. The van der Waals surface area contributed by atoms with Crippen molar-refractivity contribution in [2.75, 3.05) is 67.6 Å². The smallest absolute Gasteiger partial charge is 0.140 e. The maximum Gasteiger partial charge on any atom is 0.140 e. The molecule has 0 bridgehead atoms. The van der Waals surface area contributed by atoms with E-state index in [1.807, 2.05) is 0 Å². The number of ether oxygens (including phenoxy) is 1. The van der Waals surface area contributed by atoms with Crippen LogP contribution in [-0.2, 0) is 4.74 Å². The van der Waals surface area contributed by atoms with Crippen molar-refractivity contribution < 1.29 is 30.7 Å². The molecule has 1 saturated heterocycles. The molecular weight excluding hydrogens is 292 g/mol. The monoisotopic (exact) mass is 319 g/mol. The predicted molar refractivity (Wildman–Crippen MR) is 71.5 cm³/mol. The largest absolute Gasteiger partial charge is 1.00 e. The molecule has 0 aromatic heterocycles. The van der Waals surface area contributed by atoms with Gasteiger partial charge in [-0.15, -0.1) is 0 Å². The summed E-state index contributed by atoms with van der Waals surface area (Å²) in [6.07, 6.45) is 2.23. The van der Waals surface area contributed by atoms with Gasteiger partial charge in [0.05, 0.1) is 47.9 Å². The first-order chi connectivity index (χ1) is 7.91. The predicted octanol–water partition coefficient (Wildman–Crippen LogP) is -2.04. The molecule has 4 heteroatoms. The highest BCUT2D eigenvalue weighted by molar-refractivity contribution is 4.99. The minimum Gasteiger partial charge on any atom is -1.00 e. The Bertz CT molecular complexity index is 282. The second kappa shape index (κ2) is 8.16. The number of unbranched alkanes of at least 4 members (excludes halogenated alkanes) is 1. The SMILES string of the molecule is C[N+](C)(C)CCCC#CC[N+]1(C)CCOCC1.[Br-]. The van der Waals surface area contributed by atoms with Crippen LogP contribution in [0.4, 0.5) is 0 Å². The Labute approximate surface area is 123 Å². The number of quaternary nitrogens is 2. The summed E-state index contributed by atoms with van der Waals surface area (Å²) < 4.78 is 7.47. The zero-order valence-corrected chi connectivity index (χ0v) is 13.9. The number of likely N-dealkylation sites (N-methyl/N-ethyl adjacent to an activating group) is 1. The van der Waals surface area contributed by atoms with E-state index in [4.69, 9.17) is 4.74 Å².